The first-order chi connectivity index (χ1) is 10.0. The van der Waals surface area contributed by atoms with Crippen LogP contribution >= 0.6 is 0 Å². The van der Waals surface area contributed by atoms with E-state index in [1.165, 1.54) is 0 Å². The molecule has 7 nitrogen and oxygen atoms in total. The number of hydrogen-bond donors (Lipinski definition) is 2. The van der Waals surface area contributed by atoms with Gasteiger partial charge in [-0.15, -0.1) is 5.10 Å². The van der Waals surface area contributed by atoms with E-state index < -0.39 is 5.97 Å². The number of ether oxygens (including phenoxy) is 1. The molecule has 0 aliphatic carbocycles. The molecule has 0 aromatic carbocycles. The molecule has 0 spiro atoms. The van der Waals surface area contributed by atoms with Crippen LogP contribution < -0.4 is 10.1 Å². The van der Waals surface area contributed by atoms with Crippen molar-refractivity contribution in [3.8, 4) is 5.88 Å². The summed E-state index contributed by atoms with van der Waals surface area (Å²) in [6.45, 7) is 3.84. The largest absolute Gasteiger partial charge is 0.481 e. The predicted octanol–water partition coefficient (Wildman–Crippen LogP) is 1.81. The van der Waals surface area contributed by atoms with Gasteiger partial charge < -0.3 is 15.2 Å². The van der Waals surface area contributed by atoms with Crippen LogP contribution in [0.2, 0.25) is 0 Å². The van der Waals surface area contributed by atoms with Crippen molar-refractivity contribution in [2.75, 3.05) is 12.4 Å². The van der Waals surface area contributed by atoms with E-state index in [4.69, 9.17) is 4.74 Å². The van der Waals surface area contributed by atoms with Crippen molar-refractivity contribution in [1.29, 1.82) is 0 Å². The number of anilines is 1. The number of hydrogen-bond acceptors (Lipinski definition) is 6. The van der Waals surface area contributed by atoms with Gasteiger partial charge in [0.2, 0.25) is 5.88 Å². The zero-order valence-corrected chi connectivity index (χ0v) is 12.0. The highest BCUT2D eigenvalue weighted by Crippen LogP contribution is 2.19. The van der Waals surface area contributed by atoms with Gasteiger partial charge in [-0.1, -0.05) is 6.07 Å². The Kier molecular flexibility index (Phi) is 4.32. The third-order valence-electron chi connectivity index (χ3n) is 3.14. The first-order valence-electron chi connectivity index (χ1n) is 6.33. The van der Waals surface area contributed by atoms with Crippen LogP contribution in [-0.4, -0.2) is 33.4 Å². The van der Waals surface area contributed by atoms with E-state index in [2.05, 4.69) is 20.5 Å². The van der Waals surface area contributed by atoms with Crippen LogP contribution in [0.5, 0.6) is 5.88 Å². The molecule has 0 aliphatic heterocycles. The molecule has 0 saturated carbocycles. The minimum atomic E-state index is -1.03. The Morgan fingerprint density at radius 3 is 2.67 bits per heavy atom. The van der Waals surface area contributed by atoms with Gasteiger partial charge in [0.25, 0.3) is 0 Å². The van der Waals surface area contributed by atoms with Crippen molar-refractivity contribution in [3.05, 3.63) is 40.7 Å². The number of aryl methyl sites for hydroxylation is 1. The molecule has 0 amide bonds. The van der Waals surface area contributed by atoms with Gasteiger partial charge in [0.05, 0.1) is 12.8 Å². The number of carboxylic acid groups (broad SMARTS) is 1. The lowest BCUT2D eigenvalue weighted by Crippen LogP contribution is -2.13. The summed E-state index contributed by atoms with van der Waals surface area (Å²) in [5.74, 6) is -0.252. The molecule has 110 valence electrons. The Morgan fingerprint density at radius 1 is 1.33 bits per heavy atom. The van der Waals surface area contributed by atoms with Crippen molar-refractivity contribution >= 4 is 11.8 Å². The Bertz CT molecular complexity index is 656. The average Bonchev–Trinajstić information content (AvgIpc) is 2.48. The van der Waals surface area contributed by atoms with Gasteiger partial charge in [0.15, 0.2) is 5.82 Å². The maximum Gasteiger partial charge on any atom is 0.339 e. The average molecular weight is 288 g/mol. The lowest BCUT2D eigenvalue weighted by Gasteiger charge is -2.11. The van der Waals surface area contributed by atoms with Crippen molar-refractivity contribution in [2.45, 2.75) is 20.4 Å². The zero-order chi connectivity index (χ0) is 15.4. The standard InChI is InChI=1S/C14H16N4O3/c1-8-9(2)17-18-13(12(8)14(19)20)16-7-10-4-5-11(21-3)15-6-10/h4-6H,7H2,1-3H3,(H,16,18)(H,19,20). The number of aromatic carboxylic acids is 1. The van der Waals surface area contributed by atoms with Gasteiger partial charge in [-0.05, 0) is 25.0 Å². The molecule has 2 rings (SSSR count). The lowest BCUT2D eigenvalue weighted by atomic mass is 10.1. The first-order valence-corrected chi connectivity index (χ1v) is 6.33. The summed E-state index contributed by atoms with van der Waals surface area (Å²) in [7, 11) is 1.55. The number of methoxy groups -OCH3 is 1. The fraction of sp³-hybridized carbons (Fsp3) is 0.286. The van der Waals surface area contributed by atoms with Crippen LogP contribution in [0.4, 0.5) is 5.82 Å². The minimum absolute atomic E-state index is 0.143. The summed E-state index contributed by atoms with van der Waals surface area (Å²) in [5, 5.41) is 20.2. The van der Waals surface area contributed by atoms with E-state index in [1.807, 2.05) is 6.07 Å². The number of rotatable bonds is 5. The summed E-state index contributed by atoms with van der Waals surface area (Å²) in [5.41, 5.74) is 2.23. The molecular formula is C14H16N4O3. The van der Waals surface area contributed by atoms with Gasteiger partial charge >= 0.3 is 5.97 Å². The van der Waals surface area contributed by atoms with Crippen LogP contribution in [0.1, 0.15) is 27.2 Å². The van der Waals surface area contributed by atoms with Crippen molar-refractivity contribution in [3.63, 3.8) is 0 Å². The SMILES string of the molecule is COc1ccc(CNc2nnc(C)c(C)c2C(=O)O)cn1. The van der Waals surface area contributed by atoms with Crippen LogP contribution in [-0.2, 0) is 6.54 Å². The van der Waals surface area contributed by atoms with E-state index in [1.54, 1.807) is 33.2 Å². The molecule has 0 bridgehead atoms. The normalized spacial score (nSPS) is 10.2. The molecule has 0 atom stereocenters. The summed E-state index contributed by atoms with van der Waals surface area (Å²) >= 11 is 0. The quantitative estimate of drug-likeness (QED) is 0.865. The van der Waals surface area contributed by atoms with E-state index in [0.29, 0.717) is 23.7 Å². The third kappa shape index (κ3) is 3.25. The lowest BCUT2D eigenvalue weighted by molar-refractivity contribution is 0.0696. The highest BCUT2D eigenvalue weighted by molar-refractivity contribution is 5.94. The Hall–Kier alpha value is -2.70. The summed E-state index contributed by atoms with van der Waals surface area (Å²) in [6.07, 6.45) is 1.65. The van der Waals surface area contributed by atoms with Gasteiger partial charge in [-0.3, -0.25) is 0 Å². The van der Waals surface area contributed by atoms with Crippen molar-refractivity contribution in [2.24, 2.45) is 0 Å². The molecule has 21 heavy (non-hydrogen) atoms. The fourth-order valence-corrected chi connectivity index (χ4v) is 1.82. The highest BCUT2D eigenvalue weighted by Gasteiger charge is 2.17. The van der Waals surface area contributed by atoms with Gasteiger partial charge in [-0.2, -0.15) is 5.10 Å². The molecule has 0 saturated heterocycles. The minimum Gasteiger partial charge on any atom is -0.481 e. The predicted molar refractivity (Wildman–Crippen MR) is 76.6 cm³/mol. The van der Waals surface area contributed by atoms with Gasteiger partial charge in [0, 0.05) is 18.8 Å². The molecule has 0 radical (unpaired) electrons. The summed E-state index contributed by atoms with van der Waals surface area (Å²) in [6, 6.07) is 3.58. The fourth-order valence-electron chi connectivity index (χ4n) is 1.82. The third-order valence-corrected chi connectivity index (χ3v) is 3.14. The molecule has 0 fully saturated rings. The number of nitrogens with zero attached hydrogens (tertiary/aromatic N) is 3. The summed E-state index contributed by atoms with van der Waals surface area (Å²) in [4.78, 5) is 15.4. The molecule has 0 unspecified atom stereocenters. The highest BCUT2D eigenvalue weighted by atomic mass is 16.5. The molecule has 7 heteroatoms. The Labute approximate surface area is 122 Å². The monoisotopic (exact) mass is 288 g/mol. The van der Waals surface area contributed by atoms with Crippen LogP contribution in [0.3, 0.4) is 0 Å². The second-order valence-electron chi connectivity index (χ2n) is 4.50. The van der Waals surface area contributed by atoms with E-state index in [-0.39, 0.29) is 11.4 Å². The van der Waals surface area contributed by atoms with Gasteiger partial charge in [-0.25, -0.2) is 9.78 Å². The molecular weight excluding hydrogens is 272 g/mol. The van der Waals surface area contributed by atoms with E-state index in [0.717, 1.165) is 5.56 Å². The second-order valence-corrected chi connectivity index (χ2v) is 4.50. The maximum absolute atomic E-state index is 11.4. The number of aromatic nitrogens is 3. The van der Waals surface area contributed by atoms with Crippen molar-refractivity contribution in [1.82, 2.24) is 15.2 Å². The molecule has 2 N–H and O–H groups in total. The number of nitrogens with one attached hydrogen (secondary N) is 1. The maximum atomic E-state index is 11.4. The number of carbonyl (C=O) groups is 1. The van der Waals surface area contributed by atoms with Crippen LogP contribution in [0.25, 0.3) is 0 Å². The molecule has 2 aromatic heterocycles. The van der Waals surface area contributed by atoms with E-state index in [9.17, 15) is 9.90 Å². The zero-order valence-electron chi connectivity index (χ0n) is 12.0. The topological polar surface area (TPSA) is 97.2 Å². The first kappa shape index (κ1) is 14.7. The van der Waals surface area contributed by atoms with Crippen LogP contribution in [0.15, 0.2) is 18.3 Å². The Morgan fingerprint density at radius 2 is 2.10 bits per heavy atom. The van der Waals surface area contributed by atoms with Crippen molar-refractivity contribution < 1.29 is 14.6 Å². The molecule has 2 heterocycles. The smallest absolute Gasteiger partial charge is 0.339 e. The van der Waals surface area contributed by atoms with E-state index >= 15 is 0 Å². The second kappa shape index (κ2) is 6.17. The van der Waals surface area contributed by atoms with Gasteiger partial charge in [0.1, 0.15) is 5.56 Å². The summed E-state index contributed by atoms with van der Waals surface area (Å²) < 4.78 is 4.98. The number of pyridine rings is 1. The number of carboxylic acids is 1. The molecule has 2 aromatic rings. The molecule has 0 aliphatic rings. The van der Waals surface area contributed by atoms with Crippen LogP contribution in [0, 0.1) is 13.8 Å². The Balaban J connectivity index is 2.19.